The molecular formula is C57H34N4O2. The molecule has 0 atom stereocenters. The third-order valence-corrected chi connectivity index (χ3v) is 12.3. The summed E-state index contributed by atoms with van der Waals surface area (Å²) in [6, 6.07) is 71.5. The lowest BCUT2D eigenvalue weighted by atomic mass is 9.98. The highest BCUT2D eigenvalue weighted by atomic mass is 16.3. The largest absolute Gasteiger partial charge is 0.456 e. The first-order valence-electron chi connectivity index (χ1n) is 21.1. The van der Waals surface area contributed by atoms with Crippen LogP contribution >= 0.6 is 0 Å². The van der Waals surface area contributed by atoms with Crippen LogP contribution in [-0.2, 0) is 0 Å². The molecule has 0 fully saturated rings. The molecule has 0 aliphatic carbocycles. The zero-order valence-corrected chi connectivity index (χ0v) is 33.7. The van der Waals surface area contributed by atoms with Crippen LogP contribution in [0.1, 0.15) is 0 Å². The average molecular weight is 807 g/mol. The van der Waals surface area contributed by atoms with Crippen molar-refractivity contribution < 1.29 is 8.83 Å². The number of para-hydroxylation sites is 3. The van der Waals surface area contributed by atoms with E-state index >= 15 is 0 Å². The molecule has 0 unspecified atom stereocenters. The van der Waals surface area contributed by atoms with Crippen molar-refractivity contribution in [1.29, 1.82) is 0 Å². The molecule has 0 saturated carbocycles. The molecule has 0 amide bonds. The topological polar surface area (TPSA) is 69.9 Å². The summed E-state index contributed by atoms with van der Waals surface area (Å²) < 4.78 is 15.4. The van der Waals surface area contributed by atoms with Crippen molar-refractivity contribution in [2.24, 2.45) is 0 Å². The van der Waals surface area contributed by atoms with Crippen LogP contribution in [0.2, 0.25) is 0 Å². The van der Waals surface area contributed by atoms with Gasteiger partial charge >= 0.3 is 0 Å². The van der Waals surface area contributed by atoms with Crippen LogP contribution in [0.3, 0.4) is 0 Å². The van der Waals surface area contributed by atoms with Gasteiger partial charge in [-0.15, -0.1) is 0 Å². The Morgan fingerprint density at radius 2 is 0.921 bits per heavy atom. The molecule has 0 aliphatic heterocycles. The molecule has 0 bridgehead atoms. The van der Waals surface area contributed by atoms with Crippen LogP contribution in [0.25, 0.3) is 128 Å². The Labute approximate surface area is 361 Å². The van der Waals surface area contributed by atoms with Crippen LogP contribution in [0, 0.1) is 0 Å². The van der Waals surface area contributed by atoms with Gasteiger partial charge in [-0.1, -0.05) is 146 Å². The van der Waals surface area contributed by atoms with E-state index in [9.17, 15) is 0 Å². The third kappa shape index (κ3) is 5.69. The fourth-order valence-electron chi connectivity index (χ4n) is 9.35. The summed E-state index contributed by atoms with van der Waals surface area (Å²) in [6.07, 6.45) is 0. The van der Waals surface area contributed by atoms with E-state index in [0.717, 1.165) is 94.0 Å². The number of rotatable bonds is 6. The summed E-state index contributed by atoms with van der Waals surface area (Å²) in [5.41, 5.74) is 13.7. The van der Waals surface area contributed by atoms with E-state index in [4.69, 9.17) is 23.8 Å². The summed E-state index contributed by atoms with van der Waals surface area (Å²) in [6.45, 7) is 0. The molecule has 0 spiro atoms. The van der Waals surface area contributed by atoms with Gasteiger partial charge in [0.2, 0.25) is 0 Å². The number of hydrogen-bond donors (Lipinski definition) is 0. The Bertz CT molecular complexity index is 3900. The van der Waals surface area contributed by atoms with E-state index in [1.807, 2.05) is 54.6 Å². The van der Waals surface area contributed by atoms with E-state index in [2.05, 4.69) is 156 Å². The second-order valence-corrected chi connectivity index (χ2v) is 15.9. The summed E-state index contributed by atoms with van der Waals surface area (Å²) in [5, 5.41) is 6.45. The SMILES string of the molecule is c1ccc(-c2ccc3oc4cc(-c5nc(-c6ccccc6)nc(-c6cccc7oc8ccc(-c9cccc%10c%11ccccc%11n(-c%11ccccc%11)c9%10)cc8c67)n5)ccc4c3c2)cc1. The van der Waals surface area contributed by atoms with Crippen LogP contribution in [-0.4, -0.2) is 19.5 Å². The first-order chi connectivity index (χ1) is 31.2. The van der Waals surface area contributed by atoms with E-state index in [0.29, 0.717) is 17.5 Å². The number of hydrogen-bond acceptors (Lipinski definition) is 5. The number of furan rings is 2. The first kappa shape index (κ1) is 35.2. The molecular weight excluding hydrogens is 773 g/mol. The molecule has 0 saturated heterocycles. The molecule has 0 N–H and O–H groups in total. The molecule has 13 aromatic rings. The van der Waals surface area contributed by atoms with Crippen molar-refractivity contribution in [2.45, 2.75) is 0 Å². The minimum absolute atomic E-state index is 0.553. The molecule has 63 heavy (non-hydrogen) atoms. The quantitative estimate of drug-likeness (QED) is 0.167. The van der Waals surface area contributed by atoms with E-state index in [-0.39, 0.29) is 0 Å². The Hall–Kier alpha value is -8.61. The Kier molecular flexibility index (Phi) is 7.80. The monoisotopic (exact) mass is 806 g/mol. The first-order valence-corrected chi connectivity index (χ1v) is 21.1. The summed E-state index contributed by atoms with van der Waals surface area (Å²) >= 11 is 0. The molecule has 0 aliphatic rings. The van der Waals surface area contributed by atoms with Crippen molar-refractivity contribution in [1.82, 2.24) is 19.5 Å². The predicted octanol–water partition coefficient (Wildman–Crippen LogP) is 15.1. The van der Waals surface area contributed by atoms with Crippen molar-refractivity contribution in [3.8, 4) is 62.1 Å². The average Bonchev–Trinajstić information content (AvgIpc) is 4.03. The molecule has 4 aromatic heterocycles. The highest BCUT2D eigenvalue weighted by Crippen LogP contribution is 2.42. The third-order valence-electron chi connectivity index (χ3n) is 12.3. The van der Waals surface area contributed by atoms with Gasteiger partial charge in [-0.3, -0.25) is 0 Å². The molecule has 13 rings (SSSR count). The van der Waals surface area contributed by atoms with Crippen molar-refractivity contribution in [3.05, 3.63) is 206 Å². The second-order valence-electron chi connectivity index (χ2n) is 15.9. The van der Waals surface area contributed by atoms with Crippen LogP contribution in [0.5, 0.6) is 0 Å². The molecule has 4 heterocycles. The lowest BCUT2D eigenvalue weighted by molar-refractivity contribution is 0.668. The van der Waals surface area contributed by atoms with E-state index < -0.39 is 0 Å². The van der Waals surface area contributed by atoms with Crippen molar-refractivity contribution >= 4 is 65.7 Å². The van der Waals surface area contributed by atoms with E-state index in [1.54, 1.807) is 0 Å². The normalized spacial score (nSPS) is 11.8. The maximum absolute atomic E-state index is 6.59. The highest BCUT2D eigenvalue weighted by Gasteiger charge is 2.21. The molecule has 0 radical (unpaired) electrons. The molecule has 9 aromatic carbocycles. The van der Waals surface area contributed by atoms with Gasteiger partial charge in [0.05, 0.1) is 11.0 Å². The number of aromatic nitrogens is 4. The second kappa shape index (κ2) is 14.0. The van der Waals surface area contributed by atoms with Gasteiger partial charge in [-0.2, -0.15) is 0 Å². The lowest BCUT2D eigenvalue weighted by Gasteiger charge is -2.12. The molecule has 6 heteroatoms. The number of fused-ring (bicyclic) bond motifs is 9. The van der Waals surface area contributed by atoms with Gasteiger partial charge in [0.25, 0.3) is 0 Å². The van der Waals surface area contributed by atoms with Crippen LogP contribution in [0.15, 0.2) is 215 Å². The maximum Gasteiger partial charge on any atom is 0.164 e. The van der Waals surface area contributed by atoms with Crippen molar-refractivity contribution in [2.75, 3.05) is 0 Å². The summed E-state index contributed by atoms with van der Waals surface area (Å²) in [7, 11) is 0. The lowest BCUT2D eigenvalue weighted by Crippen LogP contribution is -2.00. The van der Waals surface area contributed by atoms with Gasteiger partial charge < -0.3 is 13.4 Å². The fourth-order valence-corrected chi connectivity index (χ4v) is 9.35. The predicted molar refractivity (Wildman–Crippen MR) is 256 cm³/mol. The Morgan fingerprint density at radius 3 is 1.75 bits per heavy atom. The van der Waals surface area contributed by atoms with Gasteiger partial charge in [0.15, 0.2) is 17.5 Å². The van der Waals surface area contributed by atoms with Gasteiger partial charge in [-0.25, -0.2) is 15.0 Å². The molecule has 294 valence electrons. The number of nitrogens with zero attached hydrogens (tertiary/aromatic N) is 4. The standard InChI is InChI=1S/C57H34N4O2/c1-4-14-35(15-5-1)37-27-30-49-46(32-37)43-29-26-39(34-52(43)63-49)56-58-55(36-16-6-2-7-17-36)59-57(60-56)45-23-13-25-51-53(45)47-33-38(28-31-50(47)62-51)41-21-12-22-44-42-20-10-11-24-48(42)61(54(41)44)40-18-8-3-9-19-40/h1-34H. The fraction of sp³-hybridized carbons (Fsp3) is 0. The Balaban J connectivity index is 0.991. The zero-order valence-electron chi connectivity index (χ0n) is 33.7. The zero-order chi connectivity index (χ0) is 41.4. The minimum Gasteiger partial charge on any atom is -0.456 e. The number of benzene rings is 9. The molecule has 6 nitrogen and oxygen atoms in total. The summed E-state index contributed by atoms with van der Waals surface area (Å²) in [5.74, 6) is 1.69. The maximum atomic E-state index is 6.59. The van der Waals surface area contributed by atoms with Crippen molar-refractivity contribution in [3.63, 3.8) is 0 Å². The van der Waals surface area contributed by atoms with Crippen LogP contribution in [0.4, 0.5) is 0 Å². The smallest absolute Gasteiger partial charge is 0.164 e. The minimum atomic E-state index is 0.553. The van der Waals surface area contributed by atoms with Crippen LogP contribution < -0.4 is 0 Å². The highest BCUT2D eigenvalue weighted by molar-refractivity contribution is 6.16. The van der Waals surface area contributed by atoms with Gasteiger partial charge in [0.1, 0.15) is 22.3 Å². The Morgan fingerprint density at radius 1 is 0.317 bits per heavy atom. The summed E-state index contributed by atoms with van der Waals surface area (Å²) in [4.78, 5) is 15.5. The van der Waals surface area contributed by atoms with Gasteiger partial charge in [-0.05, 0) is 77.4 Å². The van der Waals surface area contributed by atoms with E-state index in [1.165, 1.54) is 16.3 Å². The van der Waals surface area contributed by atoms with Gasteiger partial charge in [0, 0.05) is 60.3 Å².